The van der Waals surface area contributed by atoms with Crippen molar-refractivity contribution in [3.8, 4) is 0 Å². The highest BCUT2D eigenvalue weighted by atomic mass is 16.5. The van der Waals surface area contributed by atoms with Crippen LogP contribution < -0.4 is 5.32 Å². The Hall–Kier alpha value is -0.900. The number of rotatable bonds is 9. The van der Waals surface area contributed by atoms with Crippen molar-refractivity contribution in [2.24, 2.45) is 0 Å². The number of methoxy groups -OCH3 is 1. The maximum atomic E-state index is 4.98. The Labute approximate surface area is 105 Å². The van der Waals surface area contributed by atoms with Gasteiger partial charge in [0, 0.05) is 20.2 Å². The second kappa shape index (κ2) is 9.16. The minimum atomic E-state index is 0.792. The second-order valence-electron chi connectivity index (χ2n) is 4.32. The number of hydrogen-bond acceptors (Lipinski definition) is 3. The highest BCUT2D eigenvalue weighted by molar-refractivity contribution is 5.14. The average Bonchev–Trinajstić information content (AvgIpc) is 2.35. The number of benzene rings is 1. The van der Waals surface area contributed by atoms with E-state index in [0.29, 0.717) is 0 Å². The van der Waals surface area contributed by atoms with Crippen LogP contribution >= 0.6 is 0 Å². The van der Waals surface area contributed by atoms with E-state index in [1.807, 2.05) is 0 Å². The van der Waals surface area contributed by atoms with Gasteiger partial charge in [-0.15, -0.1) is 0 Å². The molecule has 0 atom stereocenters. The van der Waals surface area contributed by atoms with Crippen LogP contribution in [0.3, 0.4) is 0 Å². The van der Waals surface area contributed by atoms with Crippen molar-refractivity contribution in [2.75, 3.05) is 40.4 Å². The zero-order valence-electron chi connectivity index (χ0n) is 11.0. The Morgan fingerprint density at radius 1 is 1.18 bits per heavy atom. The van der Waals surface area contributed by atoms with Gasteiger partial charge in [0.05, 0.1) is 6.61 Å². The van der Waals surface area contributed by atoms with Gasteiger partial charge in [0.15, 0.2) is 0 Å². The highest BCUT2D eigenvalue weighted by Crippen LogP contribution is 2.02. The minimum Gasteiger partial charge on any atom is -0.383 e. The standard InChI is InChI=1S/C14H24N2O/c1-16(11-6-9-15-10-12-17-2)13-14-7-4-3-5-8-14/h3-5,7-8,15H,6,9-13H2,1-2H3. The average molecular weight is 236 g/mol. The van der Waals surface area contributed by atoms with Crippen LogP contribution in [0.5, 0.6) is 0 Å². The van der Waals surface area contributed by atoms with E-state index in [1.165, 1.54) is 12.0 Å². The molecular weight excluding hydrogens is 212 g/mol. The summed E-state index contributed by atoms with van der Waals surface area (Å²) in [6, 6.07) is 10.6. The van der Waals surface area contributed by atoms with Gasteiger partial charge in [-0.1, -0.05) is 30.3 Å². The molecule has 0 aromatic heterocycles. The van der Waals surface area contributed by atoms with Gasteiger partial charge in [0.25, 0.3) is 0 Å². The van der Waals surface area contributed by atoms with Crippen LogP contribution in [0, 0.1) is 0 Å². The zero-order chi connectivity index (χ0) is 12.3. The molecule has 0 saturated heterocycles. The topological polar surface area (TPSA) is 24.5 Å². The molecular formula is C14H24N2O. The van der Waals surface area contributed by atoms with Crippen molar-refractivity contribution < 1.29 is 4.74 Å². The van der Waals surface area contributed by atoms with Crippen LogP contribution in [0.2, 0.25) is 0 Å². The molecule has 3 nitrogen and oxygen atoms in total. The molecule has 0 aliphatic carbocycles. The smallest absolute Gasteiger partial charge is 0.0587 e. The monoisotopic (exact) mass is 236 g/mol. The van der Waals surface area contributed by atoms with E-state index in [-0.39, 0.29) is 0 Å². The maximum absolute atomic E-state index is 4.98. The molecule has 0 fully saturated rings. The fourth-order valence-electron chi connectivity index (χ4n) is 1.75. The third-order valence-electron chi connectivity index (χ3n) is 2.67. The van der Waals surface area contributed by atoms with Crippen LogP contribution in [0.25, 0.3) is 0 Å². The summed E-state index contributed by atoms with van der Waals surface area (Å²) in [5.74, 6) is 0. The van der Waals surface area contributed by atoms with Crippen LogP contribution in [-0.4, -0.2) is 45.3 Å². The highest BCUT2D eigenvalue weighted by Gasteiger charge is 1.99. The van der Waals surface area contributed by atoms with Crippen molar-refractivity contribution in [2.45, 2.75) is 13.0 Å². The van der Waals surface area contributed by atoms with Gasteiger partial charge in [-0.2, -0.15) is 0 Å². The Balaban J connectivity index is 2.03. The molecule has 0 saturated carbocycles. The molecule has 1 N–H and O–H groups in total. The number of hydrogen-bond donors (Lipinski definition) is 1. The summed E-state index contributed by atoms with van der Waals surface area (Å²) in [5, 5.41) is 3.35. The molecule has 0 aliphatic heterocycles. The van der Waals surface area contributed by atoms with Gasteiger partial charge in [-0.05, 0) is 32.1 Å². The van der Waals surface area contributed by atoms with Crippen molar-refractivity contribution in [3.63, 3.8) is 0 Å². The lowest BCUT2D eigenvalue weighted by atomic mass is 10.2. The van der Waals surface area contributed by atoms with E-state index in [9.17, 15) is 0 Å². The molecule has 96 valence electrons. The second-order valence-corrected chi connectivity index (χ2v) is 4.32. The lowest BCUT2D eigenvalue weighted by Crippen LogP contribution is -2.25. The van der Waals surface area contributed by atoms with Crippen molar-refractivity contribution >= 4 is 0 Å². The lowest BCUT2D eigenvalue weighted by Gasteiger charge is -2.16. The SMILES string of the molecule is COCCNCCCN(C)Cc1ccccc1. The van der Waals surface area contributed by atoms with E-state index < -0.39 is 0 Å². The van der Waals surface area contributed by atoms with E-state index in [4.69, 9.17) is 4.74 Å². The minimum absolute atomic E-state index is 0.792. The molecule has 0 unspecified atom stereocenters. The number of nitrogens with one attached hydrogen (secondary N) is 1. The molecule has 0 bridgehead atoms. The van der Waals surface area contributed by atoms with Crippen molar-refractivity contribution in [1.82, 2.24) is 10.2 Å². The Bertz CT molecular complexity index is 277. The molecule has 0 aliphatic rings. The van der Waals surface area contributed by atoms with Gasteiger partial charge in [0.1, 0.15) is 0 Å². The predicted molar refractivity (Wildman–Crippen MR) is 72.1 cm³/mol. The zero-order valence-corrected chi connectivity index (χ0v) is 11.0. The molecule has 1 aromatic rings. The summed E-state index contributed by atoms with van der Waals surface area (Å²) >= 11 is 0. The fourth-order valence-corrected chi connectivity index (χ4v) is 1.75. The summed E-state index contributed by atoms with van der Waals surface area (Å²) in [6.45, 7) is 4.94. The molecule has 0 amide bonds. The largest absolute Gasteiger partial charge is 0.383 e. The van der Waals surface area contributed by atoms with Crippen LogP contribution in [0.15, 0.2) is 30.3 Å². The Kier molecular flexibility index (Phi) is 7.63. The molecule has 1 rings (SSSR count). The van der Waals surface area contributed by atoms with Gasteiger partial charge in [-0.3, -0.25) is 0 Å². The van der Waals surface area contributed by atoms with Gasteiger partial charge < -0.3 is 15.0 Å². The first-order valence-electron chi connectivity index (χ1n) is 6.25. The molecule has 17 heavy (non-hydrogen) atoms. The predicted octanol–water partition coefficient (Wildman–Crippen LogP) is 1.74. The quantitative estimate of drug-likeness (QED) is 0.661. The molecule has 1 aromatic carbocycles. The third-order valence-corrected chi connectivity index (χ3v) is 2.67. The van der Waals surface area contributed by atoms with Gasteiger partial charge >= 0.3 is 0 Å². The Morgan fingerprint density at radius 3 is 2.65 bits per heavy atom. The summed E-state index contributed by atoms with van der Waals surface area (Å²) in [7, 11) is 3.90. The summed E-state index contributed by atoms with van der Waals surface area (Å²) in [4.78, 5) is 2.35. The Morgan fingerprint density at radius 2 is 1.94 bits per heavy atom. The first kappa shape index (κ1) is 14.2. The van der Waals surface area contributed by atoms with Crippen LogP contribution in [-0.2, 0) is 11.3 Å². The maximum Gasteiger partial charge on any atom is 0.0587 e. The van der Waals surface area contributed by atoms with Crippen LogP contribution in [0.1, 0.15) is 12.0 Å². The third kappa shape index (κ3) is 7.10. The molecule has 0 spiro atoms. The van der Waals surface area contributed by atoms with E-state index in [1.54, 1.807) is 7.11 Å². The fraction of sp³-hybridized carbons (Fsp3) is 0.571. The van der Waals surface area contributed by atoms with Crippen LogP contribution in [0.4, 0.5) is 0 Å². The molecule has 0 radical (unpaired) electrons. The van der Waals surface area contributed by atoms with E-state index in [2.05, 4.69) is 47.6 Å². The van der Waals surface area contributed by atoms with E-state index >= 15 is 0 Å². The number of nitrogens with zero attached hydrogens (tertiary/aromatic N) is 1. The van der Waals surface area contributed by atoms with Crippen molar-refractivity contribution in [3.05, 3.63) is 35.9 Å². The summed E-state index contributed by atoms with van der Waals surface area (Å²) in [5.41, 5.74) is 1.38. The molecule has 3 heteroatoms. The first-order valence-corrected chi connectivity index (χ1v) is 6.25. The normalized spacial score (nSPS) is 11.0. The number of ether oxygens (including phenoxy) is 1. The summed E-state index contributed by atoms with van der Waals surface area (Å²) < 4.78 is 4.98. The lowest BCUT2D eigenvalue weighted by molar-refractivity contribution is 0.198. The summed E-state index contributed by atoms with van der Waals surface area (Å²) in [6.07, 6.45) is 1.17. The molecule has 0 heterocycles. The van der Waals surface area contributed by atoms with Gasteiger partial charge in [0.2, 0.25) is 0 Å². The van der Waals surface area contributed by atoms with Crippen molar-refractivity contribution in [1.29, 1.82) is 0 Å². The van der Waals surface area contributed by atoms with Gasteiger partial charge in [-0.25, -0.2) is 0 Å². The van der Waals surface area contributed by atoms with E-state index in [0.717, 1.165) is 32.8 Å². The first-order chi connectivity index (χ1) is 8.33.